The van der Waals surface area contributed by atoms with Crippen LogP contribution in [0.5, 0.6) is 6.01 Å². The van der Waals surface area contributed by atoms with E-state index in [0.29, 0.717) is 31.7 Å². The van der Waals surface area contributed by atoms with Crippen LogP contribution in [0, 0.1) is 5.41 Å². The van der Waals surface area contributed by atoms with Crippen molar-refractivity contribution in [3.63, 3.8) is 0 Å². The van der Waals surface area contributed by atoms with Gasteiger partial charge in [0.25, 0.3) is 0 Å². The molecule has 2 aromatic heterocycles. The summed E-state index contributed by atoms with van der Waals surface area (Å²) in [6, 6.07) is 14.1. The van der Waals surface area contributed by atoms with Gasteiger partial charge in [0.05, 0.1) is 31.4 Å². The summed E-state index contributed by atoms with van der Waals surface area (Å²) in [6.45, 7) is 6.01. The number of tetrazole rings is 1. The van der Waals surface area contributed by atoms with Crippen LogP contribution >= 0.6 is 0 Å². The molecule has 0 saturated heterocycles. The Morgan fingerprint density at radius 3 is 2.67 bits per heavy atom. The van der Waals surface area contributed by atoms with E-state index in [4.69, 9.17) is 14.7 Å². The molecule has 1 aliphatic heterocycles. The summed E-state index contributed by atoms with van der Waals surface area (Å²) in [6.07, 6.45) is 7.72. The second-order valence-electron chi connectivity index (χ2n) is 12.6. The molecule has 7 rings (SSSR count). The molecule has 0 radical (unpaired) electrons. The van der Waals surface area contributed by atoms with Crippen molar-refractivity contribution in [1.29, 1.82) is 0 Å². The fraction of sp³-hybridized carbons (Fsp3) is 0.531. The van der Waals surface area contributed by atoms with Gasteiger partial charge in [-0.05, 0) is 86.5 Å². The molecule has 3 aliphatic rings. The molecule has 2 aliphatic carbocycles. The van der Waals surface area contributed by atoms with E-state index in [9.17, 15) is 0 Å². The molecule has 0 atom stereocenters. The fourth-order valence-corrected chi connectivity index (χ4v) is 6.60. The average Bonchev–Trinajstić information content (AvgIpc) is 3.58. The zero-order valence-corrected chi connectivity index (χ0v) is 25.0. The van der Waals surface area contributed by atoms with Gasteiger partial charge < -0.3 is 19.9 Å². The van der Waals surface area contributed by atoms with Gasteiger partial charge in [-0.3, -0.25) is 0 Å². The predicted octanol–water partition coefficient (Wildman–Crippen LogP) is 4.80. The standard InChI is InChI=1S/C32H41N9O/c1-4-22-8-5-9-23-10-6-13-27(29(22)23)40-17-14-25-26(19-40)34-31(42-21-32(15-16-32)20-39(2)3)35-30(25)33-18-28-36-37-38-41(28)24-11-7-12-24/h5-6,8-10,13,24H,4,7,11-12,14-21H2,1-3H3,(H,33,34,35). The van der Waals surface area contributed by atoms with Gasteiger partial charge in [0.15, 0.2) is 5.82 Å². The molecule has 3 heterocycles. The molecule has 42 heavy (non-hydrogen) atoms. The van der Waals surface area contributed by atoms with Crippen molar-refractivity contribution in [3.8, 4) is 6.01 Å². The number of hydrogen-bond donors (Lipinski definition) is 1. The summed E-state index contributed by atoms with van der Waals surface area (Å²) in [5.41, 5.74) is 5.03. The van der Waals surface area contributed by atoms with Crippen LogP contribution in [0.2, 0.25) is 0 Å². The Balaban J connectivity index is 1.19. The number of rotatable bonds is 11. The fourth-order valence-electron chi connectivity index (χ4n) is 6.60. The largest absolute Gasteiger partial charge is 0.463 e. The van der Waals surface area contributed by atoms with Crippen molar-refractivity contribution < 1.29 is 4.74 Å². The normalized spacial score (nSPS) is 17.8. The van der Waals surface area contributed by atoms with Crippen molar-refractivity contribution in [3.05, 3.63) is 59.0 Å². The molecule has 0 unspecified atom stereocenters. The lowest BCUT2D eigenvalue weighted by Gasteiger charge is -2.32. The molecular weight excluding hydrogens is 526 g/mol. The Kier molecular flexibility index (Phi) is 7.17. The van der Waals surface area contributed by atoms with Crippen molar-refractivity contribution in [2.24, 2.45) is 5.41 Å². The van der Waals surface area contributed by atoms with Gasteiger partial charge in [0, 0.05) is 35.1 Å². The Morgan fingerprint density at radius 2 is 1.93 bits per heavy atom. The van der Waals surface area contributed by atoms with Crippen LogP contribution in [0.4, 0.5) is 11.5 Å². The second-order valence-corrected chi connectivity index (χ2v) is 12.6. The smallest absolute Gasteiger partial charge is 0.318 e. The van der Waals surface area contributed by atoms with Crippen LogP contribution in [0.25, 0.3) is 10.8 Å². The number of aromatic nitrogens is 6. The van der Waals surface area contributed by atoms with Crippen molar-refractivity contribution >= 4 is 22.3 Å². The van der Waals surface area contributed by atoms with E-state index in [0.717, 1.165) is 61.7 Å². The maximum atomic E-state index is 6.36. The van der Waals surface area contributed by atoms with E-state index in [1.54, 1.807) is 0 Å². The molecule has 2 aromatic carbocycles. The predicted molar refractivity (Wildman–Crippen MR) is 164 cm³/mol. The van der Waals surface area contributed by atoms with Crippen LogP contribution in [-0.4, -0.2) is 68.9 Å². The maximum absolute atomic E-state index is 6.36. The summed E-state index contributed by atoms with van der Waals surface area (Å²) in [5.74, 6) is 1.68. The highest BCUT2D eigenvalue weighted by Gasteiger charge is 2.44. The molecule has 10 heteroatoms. The average molecular weight is 568 g/mol. The van der Waals surface area contributed by atoms with Crippen molar-refractivity contribution in [1.82, 2.24) is 35.1 Å². The SMILES string of the molecule is CCc1cccc2cccc(N3CCc4c(nc(OCC5(CN(C)C)CC5)nc4NCc4nnnn4C4CCC4)C3)c12. The zero-order valence-electron chi connectivity index (χ0n) is 25.0. The summed E-state index contributed by atoms with van der Waals surface area (Å²) < 4.78 is 8.34. The highest BCUT2D eigenvalue weighted by Crippen LogP contribution is 2.46. The Hall–Kier alpha value is -3.79. The lowest BCUT2D eigenvalue weighted by Crippen LogP contribution is -2.33. The number of nitrogens with zero attached hydrogens (tertiary/aromatic N) is 8. The third kappa shape index (κ3) is 5.28. The molecule has 2 fully saturated rings. The Bertz CT molecular complexity index is 1570. The number of aryl methyl sites for hydroxylation is 1. The topological polar surface area (TPSA) is 97.1 Å². The van der Waals surface area contributed by atoms with E-state index in [1.165, 1.54) is 41.3 Å². The molecule has 0 amide bonds. The lowest BCUT2D eigenvalue weighted by atomic mass is 9.93. The maximum Gasteiger partial charge on any atom is 0.318 e. The van der Waals surface area contributed by atoms with Gasteiger partial charge in [-0.1, -0.05) is 37.3 Å². The molecule has 220 valence electrons. The number of hydrogen-bond acceptors (Lipinski definition) is 9. The zero-order chi connectivity index (χ0) is 28.7. The minimum Gasteiger partial charge on any atom is -0.463 e. The first-order valence-electron chi connectivity index (χ1n) is 15.5. The monoisotopic (exact) mass is 567 g/mol. The number of nitrogens with one attached hydrogen (secondary N) is 1. The summed E-state index contributed by atoms with van der Waals surface area (Å²) in [5, 5.41) is 18.8. The Labute approximate surface area is 247 Å². The molecule has 1 N–H and O–H groups in total. The van der Waals surface area contributed by atoms with Crippen LogP contribution in [0.1, 0.15) is 67.7 Å². The van der Waals surface area contributed by atoms with Crippen LogP contribution in [-0.2, 0) is 25.9 Å². The van der Waals surface area contributed by atoms with E-state index < -0.39 is 0 Å². The Morgan fingerprint density at radius 1 is 1.10 bits per heavy atom. The molecule has 0 bridgehead atoms. The minimum absolute atomic E-state index is 0.201. The summed E-state index contributed by atoms with van der Waals surface area (Å²) in [4.78, 5) is 14.7. The first-order chi connectivity index (χ1) is 20.5. The quantitative estimate of drug-likeness (QED) is 0.274. The number of benzene rings is 2. The minimum atomic E-state index is 0.201. The molecule has 10 nitrogen and oxygen atoms in total. The number of anilines is 2. The van der Waals surface area contributed by atoms with E-state index >= 15 is 0 Å². The molecule has 0 spiro atoms. The highest BCUT2D eigenvalue weighted by atomic mass is 16.5. The molecule has 2 saturated carbocycles. The van der Waals surface area contributed by atoms with Gasteiger partial charge in [-0.25, -0.2) is 4.68 Å². The van der Waals surface area contributed by atoms with E-state index in [2.05, 4.69) is 88.1 Å². The van der Waals surface area contributed by atoms with Gasteiger partial charge in [-0.2, -0.15) is 9.97 Å². The summed E-state index contributed by atoms with van der Waals surface area (Å²) in [7, 11) is 4.25. The first-order valence-corrected chi connectivity index (χ1v) is 15.5. The number of fused-ring (bicyclic) bond motifs is 2. The third-order valence-electron chi connectivity index (χ3n) is 9.25. The van der Waals surface area contributed by atoms with Gasteiger partial charge in [-0.15, -0.1) is 5.10 Å². The van der Waals surface area contributed by atoms with E-state index in [-0.39, 0.29) is 5.41 Å². The molecular formula is C32H41N9O. The number of ether oxygens (including phenoxy) is 1. The van der Waals surface area contributed by atoms with Crippen molar-refractivity contribution in [2.45, 2.75) is 71.0 Å². The van der Waals surface area contributed by atoms with Gasteiger partial charge in [0.2, 0.25) is 0 Å². The second kappa shape index (κ2) is 11.1. The van der Waals surface area contributed by atoms with Gasteiger partial charge >= 0.3 is 6.01 Å². The van der Waals surface area contributed by atoms with Crippen LogP contribution in [0.3, 0.4) is 0 Å². The highest BCUT2D eigenvalue weighted by molar-refractivity contribution is 5.97. The van der Waals surface area contributed by atoms with Crippen LogP contribution in [0.15, 0.2) is 36.4 Å². The third-order valence-corrected chi connectivity index (χ3v) is 9.25. The van der Waals surface area contributed by atoms with Crippen LogP contribution < -0.4 is 15.0 Å². The summed E-state index contributed by atoms with van der Waals surface area (Å²) >= 11 is 0. The first kappa shape index (κ1) is 27.1. The van der Waals surface area contributed by atoms with Crippen molar-refractivity contribution in [2.75, 3.05) is 44.0 Å². The van der Waals surface area contributed by atoms with E-state index in [1.807, 2.05) is 4.68 Å². The molecule has 4 aromatic rings. The lowest BCUT2D eigenvalue weighted by molar-refractivity contribution is 0.182. The van der Waals surface area contributed by atoms with Gasteiger partial charge in [0.1, 0.15) is 5.82 Å².